The van der Waals surface area contributed by atoms with Crippen LogP contribution in [0.2, 0.25) is 0 Å². The lowest BCUT2D eigenvalue weighted by molar-refractivity contribution is -0.137. The Balaban J connectivity index is 1.68. The molecule has 0 atom stereocenters. The van der Waals surface area contributed by atoms with E-state index in [-0.39, 0.29) is 31.7 Å². The number of carbonyl (C=O) groups is 2. The third-order valence-electron chi connectivity index (χ3n) is 5.19. The maximum absolute atomic E-state index is 13.9. The van der Waals surface area contributed by atoms with Crippen LogP contribution in [-0.4, -0.2) is 24.8 Å². The zero-order chi connectivity index (χ0) is 26.1. The van der Waals surface area contributed by atoms with Gasteiger partial charge in [0.1, 0.15) is 11.6 Å². The fraction of sp³-hybridized carbons (Fsp3) is 0.231. The Bertz CT molecular complexity index is 1210. The molecule has 190 valence electrons. The minimum atomic E-state index is -4.31. The van der Waals surface area contributed by atoms with Crippen LogP contribution in [0.25, 0.3) is 11.1 Å². The van der Waals surface area contributed by atoms with E-state index in [0.29, 0.717) is 22.3 Å². The molecule has 0 bridgehead atoms. The molecule has 3 rings (SSSR count). The second-order valence-electron chi connectivity index (χ2n) is 7.83. The number of nitrogens with one attached hydrogen (secondary N) is 2. The van der Waals surface area contributed by atoms with E-state index in [9.17, 15) is 31.5 Å². The van der Waals surface area contributed by atoms with Crippen molar-refractivity contribution in [2.45, 2.75) is 32.1 Å². The fourth-order valence-electron chi connectivity index (χ4n) is 3.44. The summed E-state index contributed by atoms with van der Waals surface area (Å²) in [4.78, 5) is 24.8. The topological polar surface area (TPSA) is 67.4 Å². The fourth-order valence-corrected chi connectivity index (χ4v) is 3.44. The van der Waals surface area contributed by atoms with E-state index in [1.807, 2.05) is 0 Å². The van der Waals surface area contributed by atoms with Gasteiger partial charge in [0.2, 0.25) is 0 Å². The lowest BCUT2D eigenvalue weighted by Crippen LogP contribution is -2.25. The third kappa shape index (κ3) is 7.79. The zero-order valence-electron chi connectivity index (χ0n) is 19.0. The van der Waals surface area contributed by atoms with Gasteiger partial charge in [-0.1, -0.05) is 48.5 Å². The molecule has 10 heteroatoms. The number of hydrogen-bond acceptors (Lipinski definition) is 3. The molecule has 0 aliphatic rings. The van der Waals surface area contributed by atoms with E-state index in [1.165, 1.54) is 6.07 Å². The first kappa shape index (κ1) is 26.7. The molecule has 0 fully saturated rings. The van der Waals surface area contributed by atoms with Gasteiger partial charge in [-0.3, -0.25) is 4.79 Å². The SMILES string of the molecule is O=C(NCc1ccccc1-c1ccccc1C(=O)NCc1ccc(F)cc1F)OCCCC(F)(F)F. The number of alkyl halides is 3. The standard InChI is InChI=1S/C26H23F5N2O3/c27-19-11-10-18(23(28)14-19)16-32-24(34)22-9-4-3-8-21(22)20-7-2-1-6-17(20)15-33-25(35)36-13-5-12-26(29,30)31/h1-4,6-11,14H,5,12-13,15-16H2,(H,32,34)(H,33,35). The van der Waals surface area contributed by atoms with Crippen LogP contribution < -0.4 is 10.6 Å². The first-order chi connectivity index (χ1) is 17.1. The minimum absolute atomic E-state index is 0.00498. The van der Waals surface area contributed by atoms with Gasteiger partial charge in [-0.25, -0.2) is 13.6 Å². The number of alkyl carbamates (subject to hydrolysis) is 1. The predicted octanol–water partition coefficient (Wildman–Crippen LogP) is 6.13. The normalized spacial score (nSPS) is 11.1. The van der Waals surface area contributed by atoms with Gasteiger partial charge in [0.05, 0.1) is 6.61 Å². The maximum Gasteiger partial charge on any atom is 0.407 e. The molecule has 0 aliphatic heterocycles. The molecule has 3 aromatic rings. The van der Waals surface area contributed by atoms with Crippen molar-refractivity contribution < 1.29 is 36.3 Å². The molecular formula is C26H23F5N2O3. The quantitative estimate of drug-likeness (QED) is 0.271. The van der Waals surface area contributed by atoms with E-state index >= 15 is 0 Å². The lowest BCUT2D eigenvalue weighted by Gasteiger charge is -2.15. The summed E-state index contributed by atoms with van der Waals surface area (Å²) in [5, 5.41) is 5.12. The van der Waals surface area contributed by atoms with E-state index in [0.717, 1.165) is 12.1 Å². The van der Waals surface area contributed by atoms with Gasteiger partial charge in [0.15, 0.2) is 0 Å². The summed E-state index contributed by atoms with van der Waals surface area (Å²) in [5.41, 5.74) is 2.23. The van der Waals surface area contributed by atoms with E-state index in [2.05, 4.69) is 10.6 Å². The zero-order valence-corrected chi connectivity index (χ0v) is 19.0. The Morgan fingerprint density at radius 2 is 1.47 bits per heavy atom. The molecule has 0 saturated carbocycles. The third-order valence-corrected chi connectivity index (χ3v) is 5.19. The van der Waals surface area contributed by atoms with Crippen LogP contribution in [0.15, 0.2) is 66.7 Å². The molecular weight excluding hydrogens is 483 g/mol. The van der Waals surface area contributed by atoms with Crippen molar-refractivity contribution in [1.29, 1.82) is 0 Å². The monoisotopic (exact) mass is 506 g/mol. The average molecular weight is 506 g/mol. The molecule has 0 spiro atoms. The van der Waals surface area contributed by atoms with Crippen LogP contribution in [-0.2, 0) is 17.8 Å². The molecule has 0 saturated heterocycles. The molecule has 2 N–H and O–H groups in total. The van der Waals surface area contributed by atoms with Crippen LogP contribution in [0.5, 0.6) is 0 Å². The van der Waals surface area contributed by atoms with Crippen molar-refractivity contribution in [3.05, 3.63) is 95.1 Å². The number of rotatable bonds is 9. The molecule has 0 radical (unpaired) electrons. The lowest BCUT2D eigenvalue weighted by atomic mass is 9.95. The highest BCUT2D eigenvalue weighted by atomic mass is 19.4. The summed E-state index contributed by atoms with van der Waals surface area (Å²) in [6, 6.07) is 16.7. The molecule has 3 aromatic carbocycles. The molecule has 5 nitrogen and oxygen atoms in total. The summed E-state index contributed by atoms with van der Waals surface area (Å²) in [6.07, 6.45) is -6.56. The summed E-state index contributed by atoms with van der Waals surface area (Å²) in [7, 11) is 0. The van der Waals surface area contributed by atoms with Crippen LogP contribution in [0.3, 0.4) is 0 Å². The highest BCUT2D eigenvalue weighted by molar-refractivity contribution is 6.01. The number of ether oxygens (including phenoxy) is 1. The maximum atomic E-state index is 13.9. The van der Waals surface area contributed by atoms with E-state index < -0.39 is 36.2 Å². The summed E-state index contributed by atoms with van der Waals surface area (Å²) in [6.45, 7) is -0.516. The molecule has 0 aliphatic carbocycles. The van der Waals surface area contributed by atoms with Crippen molar-refractivity contribution in [3.63, 3.8) is 0 Å². The van der Waals surface area contributed by atoms with Gasteiger partial charge < -0.3 is 15.4 Å². The van der Waals surface area contributed by atoms with Gasteiger partial charge >= 0.3 is 12.3 Å². The van der Waals surface area contributed by atoms with E-state index in [1.54, 1.807) is 48.5 Å². The predicted molar refractivity (Wildman–Crippen MR) is 123 cm³/mol. The van der Waals surface area contributed by atoms with Crippen LogP contribution >= 0.6 is 0 Å². The van der Waals surface area contributed by atoms with Gasteiger partial charge in [0, 0.05) is 36.7 Å². The highest BCUT2D eigenvalue weighted by Crippen LogP contribution is 2.27. The first-order valence-electron chi connectivity index (χ1n) is 11.0. The second kappa shape index (κ2) is 12.1. The van der Waals surface area contributed by atoms with Crippen LogP contribution in [0.4, 0.5) is 26.7 Å². The Morgan fingerprint density at radius 3 is 2.19 bits per heavy atom. The van der Waals surface area contributed by atoms with Crippen molar-refractivity contribution >= 4 is 12.0 Å². The minimum Gasteiger partial charge on any atom is -0.450 e. The molecule has 2 amide bonds. The van der Waals surface area contributed by atoms with Gasteiger partial charge in [0.25, 0.3) is 5.91 Å². The molecule has 0 unspecified atom stereocenters. The number of carbonyl (C=O) groups excluding carboxylic acids is 2. The molecule has 36 heavy (non-hydrogen) atoms. The Morgan fingerprint density at radius 1 is 0.806 bits per heavy atom. The van der Waals surface area contributed by atoms with Gasteiger partial charge in [-0.05, 0) is 35.2 Å². The van der Waals surface area contributed by atoms with Crippen molar-refractivity contribution in [1.82, 2.24) is 10.6 Å². The van der Waals surface area contributed by atoms with Gasteiger partial charge in [-0.15, -0.1) is 0 Å². The Hall–Kier alpha value is -3.95. The number of benzene rings is 3. The highest BCUT2D eigenvalue weighted by Gasteiger charge is 2.26. The Kier molecular flexibility index (Phi) is 8.99. The number of amides is 2. The van der Waals surface area contributed by atoms with Crippen molar-refractivity contribution in [2.24, 2.45) is 0 Å². The van der Waals surface area contributed by atoms with Crippen molar-refractivity contribution in [2.75, 3.05) is 6.61 Å². The van der Waals surface area contributed by atoms with Crippen LogP contribution in [0, 0.1) is 11.6 Å². The number of hydrogen-bond donors (Lipinski definition) is 2. The number of halogens is 5. The first-order valence-corrected chi connectivity index (χ1v) is 11.0. The van der Waals surface area contributed by atoms with Crippen LogP contribution in [0.1, 0.15) is 34.3 Å². The molecule has 0 heterocycles. The summed E-state index contributed by atoms with van der Waals surface area (Å²) >= 11 is 0. The molecule has 0 aromatic heterocycles. The van der Waals surface area contributed by atoms with E-state index in [4.69, 9.17) is 4.74 Å². The summed E-state index contributed by atoms with van der Waals surface area (Å²) in [5.74, 6) is -1.98. The summed E-state index contributed by atoms with van der Waals surface area (Å²) < 4.78 is 68.4. The largest absolute Gasteiger partial charge is 0.450 e. The van der Waals surface area contributed by atoms with Crippen molar-refractivity contribution in [3.8, 4) is 11.1 Å². The Labute approximate surface area is 204 Å². The second-order valence-corrected chi connectivity index (χ2v) is 7.83. The average Bonchev–Trinajstić information content (AvgIpc) is 2.84. The van der Waals surface area contributed by atoms with Gasteiger partial charge in [-0.2, -0.15) is 13.2 Å². The smallest absolute Gasteiger partial charge is 0.407 e.